The fraction of sp³-hybridized carbons (Fsp3) is 0.133. The molecule has 0 radical (unpaired) electrons. The number of carbonyl (C=O) groups excluding carboxylic acids is 1. The first kappa shape index (κ1) is 11.4. The molecule has 2 rings (SSSR count). The molecular weight excluding hydrogens is 210 g/mol. The molecule has 0 fully saturated rings. The maximum Gasteiger partial charge on any atom is 0.221 e. The van der Waals surface area contributed by atoms with Gasteiger partial charge in [-0.15, -0.1) is 0 Å². The van der Waals surface area contributed by atoms with Crippen molar-refractivity contribution in [3.05, 3.63) is 54.1 Å². The fourth-order valence-corrected chi connectivity index (χ4v) is 1.73. The molecule has 86 valence electrons. The maximum atomic E-state index is 11.0. The van der Waals surface area contributed by atoms with E-state index in [4.69, 9.17) is 0 Å². The molecule has 2 nitrogen and oxygen atoms in total. The predicted octanol–water partition coefficient (Wildman–Crippen LogP) is 3.62. The first-order valence-corrected chi connectivity index (χ1v) is 5.60. The van der Waals surface area contributed by atoms with E-state index in [0.717, 1.165) is 16.8 Å². The van der Waals surface area contributed by atoms with Gasteiger partial charge in [0.1, 0.15) is 0 Å². The van der Waals surface area contributed by atoms with E-state index in [2.05, 4.69) is 36.5 Å². The average molecular weight is 225 g/mol. The number of hydrogen-bond donors (Lipinski definition) is 1. The quantitative estimate of drug-likeness (QED) is 0.831. The number of rotatable bonds is 2. The third-order valence-electron chi connectivity index (χ3n) is 2.57. The number of hydrogen-bond acceptors (Lipinski definition) is 1. The summed E-state index contributed by atoms with van der Waals surface area (Å²) in [6.45, 7) is 3.58. The van der Waals surface area contributed by atoms with E-state index in [9.17, 15) is 4.79 Å². The minimum atomic E-state index is -0.0499. The van der Waals surface area contributed by atoms with E-state index in [1.54, 1.807) is 0 Å². The molecule has 2 heteroatoms. The number of nitrogens with one attached hydrogen (secondary N) is 1. The Bertz CT molecular complexity index is 529. The Labute approximate surface area is 101 Å². The van der Waals surface area contributed by atoms with E-state index >= 15 is 0 Å². The van der Waals surface area contributed by atoms with Gasteiger partial charge in [0.15, 0.2) is 0 Å². The first-order chi connectivity index (χ1) is 8.15. The zero-order valence-corrected chi connectivity index (χ0v) is 10.0. The number of amides is 1. The monoisotopic (exact) mass is 225 g/mol. The molecule has 0 saturated carbocycles. The van der Waals surface area contributed by atoms with Crippen LogP contribution in [0.3, 0.4) is 0 Å². The Kier molecular flexibility index (Phi) is 3.24. The molecule has 0 aliphatic heterocycles. The minimum Gasteiger partial charge on any atom is -0.326 e. The predicted molar refractivity (Wildman–Crippen MR) is 70.9 cm³/mol. The average Bonchev–Trinajstić information content (AvgIpc) is 2.29. The van der Waals surface area contributed by atoms with Crippen LogP contribution < -0.4 is 5.32 Å². The van der Waals surface area contributed by atoms with Gasteiger partial charge in [-0.1, -0.05) is 42.0 Å². The number of carbonyl (C=O) groups is 1. The van der Waals surface area contributed by atoms with Gasteiger partial charge in [-0.25, -0.2) is 0 Å². The molecule has 0 spiro atoms. The smallest absolute Gasteiger partial charge is 0.221 e. The van der Waals surface area contributed by atoms with Gasteiger partial charge in [-0.05, 0) is 30.2 Å². The third-order valence-corrected chi connectivity index (χ3v) is 2.57. The molecule has 0 aliphatic rings. The Morgan fingerprint density at radius 1 is 1.00 bits per heavy atom. The molecule has 0 saturated heterocycles. The second-order valence-electron chi connectivity index (χ2n) is 4.13. The lowest BCUT2D eigenvalue weighted by atomic mass is 10.0. The highest BCUT2D eigenvalue weighted by molar-refractivity contribution is 5.89. The van der Waals surface area contributed by atoms with Crippen molar-refractivity contribution >= 4 is 11.6 Å². The Balaban J connectivity index is 2.32. The van der Waals surface area contributed by atoms with Crippen LogP contribution in [-0.4, -0.2) is 5.91 Å². The minimum absolute atomic E-state index is 0.0499. The SMILES string of the molecule is CC(=O)Nc1cccc(-c2ccc(C)cc2)c1. The van der Waals surface area contributed by atoms with Crippen molar-refractivity contribution in [1.82, 2.24) is 0 Å². The molecule has 0 bridgehead atoms. The summed E-state index contributed by atoms with van der Waals surface area (Å²) < 4.78 is 0. The van der Waals surface area contributed by atoms with Gasteiger partial charge in [0.25, 0.3) is 0 Å². The zero-order valence-electron chi connectivity index (χ0n) is 10.0. The van der Waals surface area contributed by atoms with Gasteiger partial charge in [-0.2, -0.15) is 0 Å². The number of aryl methyl sites for hydroxylation is 1. The van der Waals surface area contributed by atoms with Gasteiger partial charge in [0.05, 0.1) is 0 Å². The second-order valence-corrected chi connectivity index (χ2v) is 4.13. The van der Waals surface area contributed by atoms with Crippen molar-refractivity contribution in [3.63, 3.8) is 0 Å². The Morgan fingerprint density at radius 2 is 1.71 bits per heavy atom. The van der Waals surface area contributed by atoms with E-state index in [0.29, 0.717) is 0 Å². The lowest BCUT2D eigenvalue weighted by Crippen LogP contribution is -2.05. The summed E-state index contributed by atoms with van der Waals surface area (Å²) in [5.74, 6) is -0.0499. The van der Waals surface area contributed by atoms with Crippen LogP contribution in [0.25, 0.3) is 11.1 Å². The number of anilines is 1. The summed E-state index contributed by atoms with van der Waals surface area (Å²) in [7, 11) is 0. The highest BCUT2D eigenvalue weighted by Crippen LogP contribution is 2.22. The van der Waals surface area contributed by atoms with Crippen molar-refractivity contribution in [2.24, 2.45) is 0 Å². The lowest BCUT2D eigenvalue weighted by molar-refractivity contribution is -0.114. The summed E-state index contributed by atoms with van der Waals surface area (Å²) >= 11 is 0. The largest absolute Gasteiger partial charge is 0.326 e. The van der Waals surface area contributed by atoms with Crippen LogP contribution in [0.2, 0.25) is 0 Å². The van der Waals surface area contributed by atoms with Crippen LogP contribution in [0.4, 0.5) is 5.69 Å². The summed E-state index contributed by atoms with van der Waals surface area (Å²) in [6.07, 6.45) is 0. The normalized spacial score (nSPS) is 10.0. The van der Waals surface area contributed by atoms with Gasteiger partial charge in [-0.3, -0.25) is 4.79 Å². The van der Waals surface area contributed by atoms with Crippen molar-refractivity contribution in [1.29, 1.82) is 0 Å². The fourth-order valence-electron chi connectivity index (χ4n) is 1.73. The molecule has 2 aromatic rings. The molecule has 17 heavy (non-hydrogen) atoms. The molecule has 0 atom stereocenters. The zero-order chi connectivity index (χ0) is 12.3. The summed E-state index contributed by atoms with van der Waals surface area (Å²) in [5, 5.41) is 2.79. The summed E-state index contributed by atoms with van der Waals surface area (Å²) in [5.41, 5.74) is 4.33. The van der Waals surface area contributed by atoms with Gasteiger partial charge >= 0.3 is 0 Å². The van der Waals surface area contributed by atoms with E-state index in [-0.39, 0.29) is 5.91 Å². The van der Waals surface area contributed by atoms with Crippen molar-refractivity contribution in [2.75, 3.05) is 5.32 Å². The van der Waals surface area contributed by atoms with Crippen LogP contribution in [0.5, 0.6) is 0 Å². The first-order valence-electron chi connectivity index (χ1n) is 5.60. The van der Waals surface area contributed by atoms with Crippen molar-refractivity contribution < 1.29 is 4.79 Å². The molecular formula is C15H15NO. The third kappa shape index (κ3) is 2.94. The topological polar surface area (TPSA) is 29.1 Å². The highest BCUT2D eigenvalue weighted by Gasteiger charge is 2.00. The summed E-state index contributed by atoms with van der Waals surface area (Å²) in [4.78, 5) is 11.0. The Morgan fingerprint density at radius 3 is 2.35 bits per heavy atom. The van der Waals surface area contributed by atoms with Crippen LogP contribution in [0, 0.1) is 6.92 Å². The second kappa shape index (κ2) is 4.83. The van der Waals surface area contributed by atoms with E-state index < -0.39 is 0 Å². The standard InChI is InChI=1S/C15H15NO/c1-11-6-8-13(9-7-11)14-4-3-5-15(10-14)16-12(2)17/h3-10H,1-2H3,(H,16,17). The summed E-state index contributed by atoms with van der Waals surface area (Å²) in [6, 6.07) is 16.2. The van der Waals surface area contributed by atoms with Crippen molar-refractivity contribution in [2.45, 2.75) is 13.8 Å². The molecule has 0 unspecified atom stereocenters. The molecule has 0 heterocycles. The van der Waals surface area contributed by atoms with Crippen LogP contribution >= 0.6 is 0 Å². The molecule has 0 aromatic heterocycles. The van der Waals surface area contributed by atoms with E-state index in [1.807, 2.05) is 24.3 Å². The highest BCUT2D eigenvalue weighted by atomic mass is 16.1. The molecule has 2 aromatic carbocycles. The van der Waals surface area contributed by atoms with Gasteiger partial charge in [0, 0.05) is 12.6 Å². The van der Waals surface area contributed by atoms with Crippen LogP contribution in [-0.2, 0) is 4.79 Å². The maximum absolute atomic E-state index is 11.0. The van der Waals surface area contributed by atoms with Crippen LogP contribution in [0.1, 0.15) is 12.5 Å². The lowest BCUT2D eigenvalue weighted by Gasteiger charge is -2.06. The van der Waals surface area contributed by atoms with Gasteiger partial charge in [0.2, 0.25) is 5.91 Å². The molecule has 1 N–H and O–H groups in total. The van der Waals surface area contributed by atoms with Gasteiger partial charge < -0.3 is 5.32 Å². The Hall–Kier alpha value is -2.09. The van der Waals surface area contributed by atoms with Crippen LogP contribution in [0.15, 0.2) is 48.5 Å². The van der Waals surface area contributed by atoms with Crippen molar-refractivity contribution in [3.8, 4) is 11.1 Å². The molecule has 0 aliphatic carbocycles. The number of benzene rings is 2. The van der Waals surface area contributed by atoms with E-state index in [1.165, 1.54) is 12.5 Å². The molecule has 1 amide bonds.